The van der Waals surface area contributed by atoms with Crippen molar-refractivity contribution in [3.63, 3.8) is 0 Å². The first-order valence-corrected chi connectivity index (χ1v) is 19.9. The number of ether oxygens (including phenoxy) is 3. The van der Waals surface area contributed by atoms with Crippen LogP contribution in [-0.4, -0.2) is 77.0 Å². The average Bonchev–Trinajstić information content (AvgIpc) is 3.46. The second-order valence-electron chi connectivity index (χ2n) is 15.4. The van der Waals surface area contributed by atoms with Crippen LogP contribution in [-0.2, 0) is 35.7 Å². The summed E-state index contributed by atoms with van der Waals surface area (Å²) in [4.78, 5) is 36.7. The van der Waals surface area contributed by atoms with E-state index in [4.69, 9.17) is 19.0 Å². The van der Waals surface area contributed by atoms with Crippen molar-refractivity contribution in [2.75, 3.05) is 13.6 Å². The Hall–Kier alpha value is -3.12. The highest BCUT2D eigenvalue weighted by atomic mass is 19.4. The molecule has 2 aliphatic carbocycles. The fourth-order valence-corrected chi connectivity index (χ4v) is 8.84. The number of aldehydes is 1. The quantitative estimate of drug-likeness (QED) is 0.0814. The van der Waals surface area contributed by atoms with Crippen LogP contribution in [0.15, 0.2) is 24.0 Å². The van der Waals surface area contributed by atoms with Gasteiger partial charge in [0.25, 0.3) is 0 Å². The van der Waals surface area contributed by atoms with E-state index >= 15 is 0 Å². The molecule has 2 N–H and O–H groups in total. The van der Waals surface area contributed by atoms with Gasteiger partial charge in [-0.2, -0.15) is 13.2 Å². The zero-order chi connectivity index (χ0) is 38.6. The van der Waals surface area contributed by atoms with E-state index in [-0.39, 0.29) is 18.2 Å². The molecular weight excluding hydrogens is 691 g/mol. The number of nitrogens with zero attached hydrogens (tertiary/aromatic N) is 1. The molecule has 12 heteroatoms. The molecule has 0 aromatic heterocycles. The molecule has 1 spiro atoms. The summed E-state index contributed by atoms with van der Waals surface area (Å²) in [6, 6.07) is 3.44. The van der Waals surface area contributed by atoms with E-state index in [1.54, 1.807) is 12.1 Å². The Labute approximate surface area is 312 Å². The second-order valence-corrected chi connectivity index (χ2v) is 15.4. The molecule has 2 bridgehead atoms. The Balaban J connectivity index is 0.000000964. The monoisotopic (exact) mass is 751 g/mol. The van der Waals surface area contributed by atoms with Gasteiger partial charge in [0.1, 0.15) is 5.76 Å². The first-order valence-electron chi connectivity index (χ1n) is 19.9. The zero-order valence-electron chi connectivity index (χ0n) is 31.8. The van der Waals surface area contributed by atoms with E-state index in [1.165, 1.54) is 84.0 Å². The normalized spacial score (nSPS) is 24.8. The zero-order valence-corrected chi connectivity index (χ0v) is 31.8. The van der Waals surface area contributed by atoms with Crippen molar-refractivity contribution >= 4 is 18.2 Å². The third kappa shape index (κ3) is 10.3. The average molecular weight is 752 g/mol. The number of benzene rings is 1. The highest BCUT2D eigenvalue weighted by Gasteiger charge is 2.71. The van der Waals surface area contributed by atoms with Crippen molar-refractivity contribution in [3.8, 4) is 11.5 Å². The standard InChI is InChI=1S/C39H59NO7.C2HF3O/c1-4-5-6-7-8-9-10-11-12-13-14-15-16-17-18-20-33(42)45-28(2)37(43)46-31-23-25-39(44)32-27-29-21-22-30(41)35-34(29)38(39,36(31)47-35)24-19-26-40(32)3;3-2(4,5)1-6/h21-23,28,32,36,41,44H,4-20,24-27H2,1-3H3;1H/t28-,32+,36-,38-,39+;/m0./s1. The molecule has 1 fully saturated rings. The maximum Gasteiger partial charge on any atom is 0.446 e. The Morgan fingerprint density at radius 3 is 2.13 bits per heavy atom. The lowest BCUT2D eigenvalue weighted by Gasteiger charge is -2.56. The van der Waals surface area contributed by atoms with Gasteiger partial charge < -0.3 is 29.3 Å². The number of hydrogen-bond donors (Lipinski definition) is 2. The van der Waals surface area contributed by atoms with E-state index in [1.807, 2.05) is 13.1 Å². The van der Waals surface area contributed by atoms with Crippen LogP contribution in [0.5, 0.6) is 11.5 Å². The van der Waals surface area contributed by atoms with Crippen molar-refractivity contribution in [2.45, 2.75) is 178 Å². The van der Waals surface area contributed by atoms with Crippen LogP contribution < -0.4 is 4.74 Å². The summed E-state index contributed by atoms with van der Waals surface area (Å²) in [6.45, 7) is 4.63. The molecule has 9 nitrogen and oxygen atoms in total. The van der Waals surface area contributed by atoms with Gasteiger partial charge in [0.05, 0.1) is 11.0 Å². The Morgan fingerprint density at radius 1 is 1.00 bits per heavy atom. The van der Waals surface area contributed by atoms with Gasteiger partial charge in [-0.3, -0.25) is 9.59 Å². The summed E-state index contributed by atoms with van der Waals surface area (Å²) in [5.41, 5.74) is -0.0865. The topological polar surface area (TPSA) is 123 Å². The molecule has 298 valence electrons. The summed E-state index contributed by atoms with van der Waals surface area (Å²) in [7, 11) is 2.05. The molecular formula is C41H60F3NO8. The number of aromatic hydroxyl groups is 1. The summed E-state index contributed by atoms with van der Waals surface area (Å²) in [5.74, 6) is -0.337. The number of phenolic OH excluding ortho intramolecular Hbond substituents is 1. The first kappa shape index (κ1) is 42.6. The van der Waals surface area contributed by atoms with E-state index < -0.39 is 47.6 Å². The molecule has 2 heterocycles. The maximum atomic E-state index is 13.2. The van der Waals surface area contributed by atoms with Crippen LogP contribution in [0.1, 0.15) is 147 Å². The minimum atomic E-state index is -4.64. The number of aliphatic hydroxyl groups is 1. The van der Waals surface area contributed by atoms with Crippen molar-refractivity contribution in [2.24, 2.45) is 0 Å². The predicted octanol–water partition coefficient (Wildman–Crippen LogP) is 8.54. The Morgan fingerprint density at radius 2 is 1.57 bits per heavy atom. The molecule has 53 heavy (non-hydrogen) atoms. The SMILES string of the molecule is CCCCCCCCCCCCCCCCCC(=O)O[C@@H](C)C(=O)OC1=CC[C@@]2(O)[C@H]3Cc4ccc(O)c5c4[C@@]2(CCCN3C)[C@H]1O5.O=CC(F)(F)F. The molecule has 0 unspecified atom stereocenters. The summed E-state index contributed by atoms with van der Waals surface area (Å²) in [6.07, 6.45) is 15.8. The molecule has 0 amide bonds. The summed E-state index contributed by atoms with van der Waals surface area (Å²) >= 11 is 0. The molecule has 2 aliphatic heterocycles. The van der Waals surface area contributed by atoms with Gasteiger partial charge in [-0.25, -0.2) is 4.79 Å². The lowest BCUT2D eigenvalue weighted by atomic mass is 9.52. The number of carbonyl (C=O) groups excluding carboxylic acids is 3. The smallest absolute Gasteiger partial charge is 0.446 e. The number of unbranched alkanes of at least 4 members (excludes halogenated alkanes) is 14. The molecule has 4 aliphatic rings. The molecule has 1 aromatic rings. The van der Waals surface area contributed by atoms with Crippen molar-refractivity contribution < 1.29 is 52.0 Å². The largest absolute Gasteiger partial charge is 0.504 e. The van der Waals surface area contributed by atoms with Gasteiger partial charge in [-0.05, 0) is 63.9 Å². The van der Waals surface area contributed by atoms with Gasteiger partial charge in [-0.15, -0.1) is 0 Å². The summed E-state index contributed by atoms with van der Waals surface area (Å²) < 4.78 is 49.0. The second kappa shape index (κ2) is 19.5. The van der Waals surface area contributed by atoms with E-state index in [0.717, 1.165) is 43.4 Å². The third-order valence-electron chi connectivity index (χ3n) is 11.6. The minimum Gasteiger partial charge on any atom is -0.504 e. The number of phenols is 1. The predicted molar refractivity (Wildman–Crippen MR) is 195 cm³/mol. The van der Waals surface area contributed by atoms with Crippen molar-refractivity contribution in [3.05, 3.63) is 35.1 Å². The van der Waals surface area contributed by atoms with Gasteiger partial charge >= 0.3 is 18.1 Å². The lowest BCUT2D eigenvalue weighted by Crippen LogP contribution is -2.69. The van der Waals surface area contributed by atoms with Gasteiger partial charge in [0, 0.05) is 24.4 Å². The fraction of sp³-hybridized carbons (Fsp3) is 0.732. The number of alkyl halides is 3. The Bertz CT molecular complexity index is 1420. The molecule has 1 aromatic carbocycles. The number of hydrogen-bond acceptors (Lipinski definition) is 9. The number of likely N-dealkylation sites (N-methyl/N-ethyl adjacent to an activating group) is 1. The maximum absolute atomic E-state index is 13.2. The van der Waals surface area contributed by atoms with Crippen LogP contribution in [0.4, 0.5) is 13.2 Å². The summed E-state index contributed by atoms with van der Waals surface area (Å²) in [5, 5.41) is 23.2. The van der Waals surface area contributed by atoms with E-state index in [0.29, 0.717) is 30.8 Å². The molecule has 5 atom stereocenters. The third-order valence-corrected chi connectivity index (χ3v) is 11.6. The highest BCUT2D eigenvalue weighted by Crippen LogP contribution is 2.65. The number of esters is 2. The lowest BCUT2D eigenvalue weighted by molar-refractivity contribution is -0.168. The number of carbonyl (C=O) groups is 3. The van der Waals surface area contributed by atoms with E-state index in [9.17, 15) is 33.0 Å². The molecule has 1 saturated heterocycles. The molecule has 5 rings (SSSR count). The molecule has 0 saturated carbocycles. The van der Waals surface area contributed by atoms with Crippen LogP contribution in [0.25, 0.3) is 0 Å². The van der Waals surface area contributed by atoms with Crippen molar-refractivity contribution in [1.29, 1.82) is 0 Å². The van der Waals surface area contributed by atoms with Crippen LogP contribution >= 0.6 is 0 Å². The van der Waals surface area contributed by atoms with Crippen molar-refractivity contribution in [1.82, 2.24) is 4.90 Å². The number of halogens is 3. The highest BCUT2D eigenvalue weighted by molar-refractivity contribution is 5.80. The van der Waals surface area contributed by atoms with E-state index in [2.05, 4.69) is 11.8 Å². The van der Waals surface area contributed by atoms with Crippen LogP contribution in [0.3, 0.4) is 0 Å². The number of likely N-dealkylation sites (tertiary alicyclic amines) is 1. The fourth-order valence-electron chi connectivity index (χ4n) is 8.84. The van der Waals surface area contributed by atoms with Crippen LogP contribution in [0.2, 0.25) is 0 Å². The molecule has 0 radical (unpaired) electrons. The first-order chi connectivity index (χ1) is 25.3. The van der Waals surface area contributed by atoms with Gasteiger partial charge in [0.15, 0.2) is 23.7 Å². The van der Waals surface area contributed by atoms with Gasteiger partial charge in [-0.1, -0.05) is 103 Å². The van der Waals surface area contributed by atoms with Gasteiger partial charge in [0.2, 0.25) is 6.29 Å². The Kier molecular flexibility index (Phi) is 15.7. The van der Waals surface area contributed by atoms with Crippen LogP contribution in [0, 0.1) is 0 Å². The minimum absolute atomic E-state index is 0.0257. The number of rotatable bonds is 19.